The molecule has 0 aliphatic rings. The summed E-state index contributed by atoms with van der Waals surface area (Å²) in [5.74, 6) is -0.461. The number of carbonyl (C=O) groups is 2. The van der Waals surface area contributed by atoms with Crippen molar-refractivity contribution in [3.63, 3.8) is 0 Å². The molecule has 88 valence electrons. The van der Waals surface area contributed by atoms with E-state index in [1.807, 2.05) is 29.5 Å². The van der Waals surface area contributed by atoms with E-state index in [1.165, 1.54) is 7.11 Å². The number of unbranched alkanes of at least 4 members (excludes halogenated alkanes) is 1. The summed E-state index contributed by atoms with van der Waals surface area (Å²) in [7, 11) is 1.28. The summed E-state index contributed by atoms with van der Waals surface area (Å²) in [5.41, 5.74) is 0. The van der Waals surface area contributed by atoms with Crippen LogP contribution in [0.25, 0.3) is 0 Å². The second kappa shape index (κ2) is 8.75. The van der Waals surface area contributed by atoms with Crippen LogP contribution in [0.3, 0.4) is 0 Å². The molecule has 5 nitrogen and oxygen atoms in total. The summed E-state index contributed by atoms with van der Waals surface area (Å²) < 4.78 is 9.82. The Bertz CT molecular complexity index is 210. The number of methoxy groups -OCH3 is 1. The Balaban J connectivity index is 3.85. The predicted molar refractivity (Wildman–Crippen MR) is 64.1 cm³/mol. The standard InChI is InChI=1S/C9H16INO4/c1-3-4-5-15-9(13)11-7(6-10)8(12)14-2/h7H,3-6H2,1-2H3,(H,11,13). The lowest BCUT2D eigenvalue weighted by Crippen LogP contribution is -2.43. The fraction of sp³-hybridized carbons (Fsp3) is 0.778. The Morgan fingerprint density at radius 3 is 2.60 bits per heavy atom. The maximum atomic E-state index is 11.2. The van der Waals surface area contributed by atoms with Crippen LogP contribution >= 0.6 is 22.6 Å². The number of alkyl carbamates (subject to hydrolysis) is 1. The van der Waals surface area contributed by atoms with Crippen molar-refractivity contribution in [2.75, 3.05) is 18.1 Å². The van der Waals surface area contributed by atoms with Gasteiger partial charge in [-0.3, -0.25) is 0 Å². The second-order valence-electron chi connectivity index (χ2n) is 2.86. The molecule has 1 N–H and O–H groups in total. The molecular formula is C9H16INO4. The molecule has 0 aliphatic carbocycles. The minimum atomic E-state index is -0.635. The van der Waals surface area contributed by atoms with Crippen molar-refractivity contribution in [1.82, 2.24) is 5.32 Å². The van der Waals surface area contributed by atoms with Gasteiger partial charge < -0.3 is 14.8 Å². The molecule has 0 aliphatic heterocycles. The highest BCUT2D eigenvalue weighted by Crippen LogP contribution is 1.96. The lowest BCUT2D eigenvalue weighted by atomic mass is 10.3. The molecule has 1 atom stereocenters. The third-order valence-corrected chi connectivity index (χ3v) is 2.54. The highest BCUT2D eigenvalue weighted by molar-refractivity contribution is 14.1. The summed E-state index contributed by atoms with van der Waals surface area (Å²) in [4.78, 5) is 22.3. The Labute approximate surface area is 103 Å². The Morgan fingerprint density at radius 1 is 1.47 bits per heavy atom. The van der Waals surface area contributed by atoms with Crippen LogP contribution in [0.1, 0.15) is 19.8 Å². The summed E-state index contributed by atoms with van der Waals surface area (Å²) in [6, 6.07) is -0.635. The molecule has 0 aromatic carbocycles. The van der Waals surface area contributed by atoms with Crippen LogP contribution in [-0.2, 0) is 14.3 Å². The van der Waals surface area contributed by atoms with Gasteiger partial charge in [0, 0.05) is 4.43 Å². The van der Waals surface area contributed by atoms with Crippen molar-refractivity contribution in [2.45, 2.75) is 25.8 Å². The number of ether oxygens (including phenoxy) is 2. The van der Waals surface area contributed by atoms with Gasteiger partial charge in [-0.2, -0.15) is 0 Å². The summed E-state index contributed by atoms with van der Waals surface area (Å²) in [5, 5.41) is 2.43. The maximum absolute atomic E-state index is 11.2. The highest BCUT2D eigenvalue weighted by atomic mass is 127. The topological polar surface area (TPSA) is 64.6 Å². The number of alkyl halides is 1. The van der Waals surface area contributed by atoms with Crippen LogP contribution in [-0.4, -0.2) is 36.2 Å². The van der Waals surface area contributed by atoms with Gasteiger partial charge in [0.25, 0.3) is 0 Å². The molecule has 0 heterocycles. The van der Waals surface area contributed by atoms with Crippen LogP contribution in [0.15, 0.2) is 0 Å². The van der Waals surface area contributed by atoms with Gasteiger partial charge in [-0.25, -0.2) is 9.59 Å². The number of halogens is 1. The molecule has 0 aromatic heterocycles. The van der Waals surface area contributed by atoms with E-state index in [0.29, 0.717) is 11.0 Å². The van der Waals surface area contributed by atoms with Gasteiger partial charge in [0.1, 0.15) is 6.04 Å². The summed E-state index contributed by atoms with van der Waals surface area (Å²) in [6.07, 6.45) is 1.20. The van der Waals surface area contributed by atoms with Gasteiger partial charge in [0.2, 0.25) is 0 Å². The normalized spacial score (nSPS) is 11.7. The van der Waals surface area contributed by atoms with Gasteiger partial charge in [0.05, 0.1) is 13.7 Å². The molecule has 0 spiro atoms. The lowest BCUT2D eigenvalue weighted by molar-refractivity contribution is -0.142. The van der Waals surface area contributed by atoms with Crippen molar-refractivity contribution in [3.8, 4) is 0 Å². The largest absolute Gasteiger partial charge is 0.467 e. The van der Waals surface area contributed by atoms with Crippen LogP contribution < -0.4 is 5.32 Å². The van der Waals surface area contributed by atoms with E-state index in [-0.39, 0.29) is 0 Å². The van der Waals surface area contributed by atoms with Crippen molar-refractivity contribution >= 4 is 34.7 Å². The molecule has 0 radical (unpaired) electrons. The highest BCUT2D eigenvalue weighted by Gasteiger charge is 2.20. The Kier molecular flexibility index (Phi) is 8.44. The van der Waals surface area contributed by atoms with Crippen LogP contribution in [0.4, 0.5) is 4.79 Å². The molecule has 0 rings (SSSR count). The van der Waals surface area contributed by atoms with E-state index in [9.17, 15) is 9.59 Å². The molecule has 0 bridgehead atoms. The second-order valence-corrected chi connectivity index (χ2v) is 3.74. The van der Waals surface area contributed by atoms with Gasteiger partial charge in [-0.15, -0.1) is 0 Å². The first kappa shape index (κ1) is 14.5. The summed E-state index contributed by atoms with van der Waals surface area (Å²) in [6.45, 7) is 2.38. The van der Waals surface area contributed by atoms with Crippen molar-refractivity contribution in [3.05, 3.63) is 0 Å². The zero-order valence-corrected chi connectivity index (χ0v) is 11.1. The fourth-order valence-corrected chi connectivity index (χ4v) is 1.38. The zero-order chi connectivity index (χ0) is 11.7. The predicted octanol–water partition coefficient (Wildman–Crippen LogP) is 1.49. The first-order valence-electron chi connectivity index (χ1n) is 4.72. The number of amides is 1. The number of rotatable bonds is 6. The van der Waals surface area contributed by atoms with E-state index in [0.717, 1.165) is 12.8 Å². The number of hydrogen-bond acceptors (Lipinski definition) is 4. The Hall–Kier alpha value is -0.530. The van der Waals surface area contributed by atoms with E-state index in [4.69, 9.17) is 4.74 Å². The quantitative estimate of drug-likeness (QED) is 0.347. The minimum absolute atomic E-state index is 0.372. The first-order valence-corrected chi connectivity index (χ1v) is 6.25. The van der Waals surface area contributed by atoms with Gasteiger partial charge in [0.15, 0.2) is 0 Å². The van der Waals surface area contributed by atoms with Crippen molar-refractivity contribution < 1.29 is 19.1 Å². The number of hydrogen-bond donors (Lipinski definition) is 1. The van der Waals surface area contributed by atoms with E-state index in [2.05, 4.69) is 10.1 Å². The molecule has 0 aromatic rings. The molecule has 0 fully saturated rings. The molecule has 6 heteroatoms. The fourth-order valence-electron chi connectivity index (χ4n) is 0.796. The third-order valence-electron chi connectivity index (χ3n) is 1.66. The average Bonchev–Trinajstić information content (AvgIpc) is 2.25. The number of esters is 1. The molecule has 0 saturated carbocycles. The van der Waals surface area contributed by atoms with Crippen molar-refractivity contribution in [1.29, 1.82) is 0 Å². The minimum Gasteiger partial charge on any atom is -0.467 e. The average molecular weight is 329 g/mol. The Morgan fingerprint density at radius 2 is 2.13 bits per heavy atom. The van der Waals surface area contributed by atoms with Gasteiger partial charge in [-0.1, -0.05) is 35.9 Å². The monoisotopic (exact) mass is 329 g/mol. The van der Waals surface area contributed by atoms with E-state index < -0.39 is 18.1 Å². The molecule has 1 amide bonds. The number of carbonyl (C=O) groups excluding carboxylic acids is 2. The van der Waals surface area contributed by atoms with Crippen LogP contribution in [0.5, 0.6) is 0 Å². The first-order chi connectivity index (χ1) is 7.15. The smallest absolute Gasteiger partial charge is 0.407 e. The summed E-state index contributed by atoms with van der Waals surface area (Å²) >= 11 is 2.00. The van der Waals surface area contributed by atoms with E-state index in [1.54, 1.807) is 0 Å². The molecule has 1 unspecified atom stereocenters. The molecular weight excluding hydrogens is 313 g/mol. The molecule has 0 saturated heterocycles. The lowest BCUT2D eigenvalue weighted by Gasteiger charge is -2.13. The van der Waals surface area contributed by atoms with Crippen LogP contribution in [0.2, 0.25) is 0 Å². The number of nitrogens with one attached hydrogen (secondary N) is 1. The SMILES string of the molecule is CCCCOC(=O)NC(CI)C(=O)OC. The maximum Gasteiger partial charge on any atom is 0.407 e. The zero-order valence-electron chi connectivity index (χ0n) is 8.92. The van der Waals surface area contributed by atoms with E-state index >= 15 is 0 Å². The van der Waals surface area contributed by atoms with Gasteiger partial charge in [-0.05, 0) is 6.42 Å². The van der Waals surface area contributed by atoms with Crippen LogP contribution in [0, 0.1) is 0 Å². The van der Waals surface area contributed by atoms with Crippen molar-refractivity contribution in [2.24, 2.45) is 0 Å². The van der Waals surface area contributed by atoms with Gasteiger partial charge >= 0.3 is 12.1 Å². The third kappa shape index (κ3) is 6.53. The molecule has 15 heavy (non-hydrogen) atoms.